The summed E-state index contributed by atoms with van der Waals surface area (Å²) in [5.74, 6) is 0. The maximum Gasteiger partial charge on any atom is 0.0839 e. The molecule has 0 amide bonds. The molecule has 0 radical (unpaired) electrons. The van der Waals surface area contributed by atoms with Crippen LogP contribution in [0.2, 0.25) is 0 Å². The van der Waals surface area contributed by atoms with Crippen LogP contribution in [0, 0.1) is 0 Å². The summed E-state index contributed by atoms with van der Waals surface area (Å²) in [5, 5.41) is 1.29. The molecule has 1 aliphatic rings. The smallest absolute Gasteiger partial charge is 0.0839 e. The molecule has 1 fully saturated rings. The highest BCUT2D eigenvalue weighted by Gasteiger charge is 2.19. The minimum Gasteiger partial charge on any atom is -0.369 e. The summed E-state index contributed by atoms with van der Waals surface area (Å²) >= 11 is 0. The minimum atomic E-state index is 0.164. The Labute approximate surface area is 172 Å². The molecule has 3 nitrogen and oxygen atoms in total. The molecule has 0 N–H and O–H groups in total. The summed E-state index contributed by atoms with van der Waals surface area (Å²) in [4.78, 5) is 4.91. The van der Waals surface area contributed by atoms with E-state index in [0.29, 0.717) is 0 Å². The Morgan fingerprint density at radius 2 is 1.31 bits per heavy atom. The lowest BCUT2D eigenvalue weighted by atomic mass is 9.98. The zero-order chi connectivity index (χ0) is 19.6. The van der Waals surface area contributed by atoms with Crippen molar-refractivity contribution in [2.24, 2.45) is 0 Å². The van der Waals surface area contributed by atoms with Gasteiger partial charge in [-0.2, -0.15) is 0 Å². The molecule has 29 heavy (non-hydrogen) atoms. The first-order valence-corrected chi connectivity index (χ1v) is 10.4. The summed E-state index contributed by atoms with van der Waals surface area (Å²) in [7, 11) is 2.20. The largest absolute Gasteiger partial charge is 0.369 e. The molecule has 0 saturated carbocycles. The maximum atomic E-state index is 2.51. The Morgan fingerprint density at radius 1 is 0.690 bits per heavy atom. The van der Waals surface area contributed by atoms with Gasteiger partial charge in [-0.05, 0) is 41.8 Å². The lowest BCUT2D eigenvalue weighted by molar-refractivity contribution is 0.313. The Morgan fingerprint density at radius 3 is 1.93 bits per heavy atom. The highest BCUT2D eigenvalue weighted by Crippen LogP contribution is 2.32. The van der Waals surface area contributed by atoms with Gasteiger partial charge in [0.2, 0.25) is 0 Å². The normalized spacial score (nSPS) is 15.3. The van der Waals surface area contributed by atoms with Crippen molar-refractivity contribution < 1.29 is 0 Å². The van der Waals surface area contributed by atoms with E-state index in [2.05, 4.69) is 113 Å². The van der Waals surface area contributed by atoms with Crippen molar-refractivity contribution in [3.63, 3.8) is 0 Å². The van der Waals surface area contributed by atoms with Gasteiger partial charge in [-0.1, -0.05) is 66.7 Å². The van der Waals surface area contributed by atoms with Gasteiger partial charge in [0.25, 0.3) is 0 Å². The summed E-state index contributed by atoms with van der Waals surface area (Å²) in [5.41, 5.74) is 5.23. The van der Waals surface area contributed by atoms with Crippen molar-refractivity contribution in [2.75, 3.05) is 38.1 Å². The Bertz CT molecular complexity index is 1040. The summed E-state index contributed by atoms with van der Waals surface area (Å²) < 4.78 is 2.43. The number of benzene rings is 3. The van der Waals surface area contributed by atoms with Gasteiger partial charge in [0.1, 0.15) is 0 Å². The average molecular weight is 382 g/mol. The molecule has 0 spiro atoms. The molecule has 146 valence electrons. The summed E-state index contributed by atoms with van der Waals surface area (Å²) in [6, 6.07) is 30.9. The van der Waals surface area contributed by atoms with Crippen molar-refractivity contribution in [1.82, 2.24) is 9.47 Å². The fourth-order valence-electron chi connectivity index (χ4n) is 4.41. The molecule has 2 heterocycles. The highest BCUT2D eigenvalue weighted by molar-refractivity contribution is 5.84. The zero-order valence-electron chi connectivity index (χ0n) is 16.9. The number of fused-ring (bicyclic) bond motifs is 1. The fraction of sp³-hybridized carbons (Fsp3) is 0.231. The van der Waals surface area contributed by atoms with Crippen molar-refractivity contribution in [3.05, 3.63) is 102 Å². The number of likely N-dealkylation sites (N-methyl/N-ethyl adjacent to an activating group) is 1. The number of hydrogen-bond acceptors (Lipinski definition) is 2. The van der Waals surface area contributed by atoms with Gasteiger partial charge in [-0.15, -0.1) is 0 Å². The molecule has 3 aromatic carbocycles. The predicted octanol–water partition coefficient (Wildman–Crippen LogP) is 5.03. The second-order valence-electron chi connectivity index (χ2n) is 7.98. The first-order valence-electron chi connectivity index (χ1n) is 10.4. The fourth-order valence-corrected chi connectivity index (χ4v) is 4.41. The molecule has 3 heteroatoms. The van der Waals surface area contributed by atoms with Crippen LogP contribution >= 0.6 is 0 Å². The van der Waals surface area contributed by atoms with Gasteiger partial charge in [0.05, 0.1) is 11.6 Å². The van der Waals surface area contributed by atoms with Crippen LogP contribution in [0.5, 0.6) is 0 Å². The molecule has 1 saturated heterocycles. The molecule has 1 aromatic heterocycles. The molecular weight excluding hydrogens is 354 g/mol. The Hall–Kier alpha value is -3.04. The van der Waals surface area contributed by atoms with Gasteiger partial charge in [-0.25, -0.2) is 0 Å². The standard InChI is InChI=1S/C26H27N3/c1-27-16-18-28(19-17-27)24-13-12-21-14-15-29(25(21)20-24)26(22-8-4-2-5-9-22)23-10-6-3-7-11-23/h2-15,20,26H,16-19H2,1H3. The number of piperazine rings is 1. The van der Waals surface area contributed by atoms with Crippen molar-refractivity contribution in [1.29, 1.82) is 0 Å². The third-order valence-corrected chi connectivity index (χ3v) is 6.08. The van der Waals surface area contributed by atoms with Crippen LogP contribution in [0.1, 0.15) is 17.2 Å². The monoisotopic (exact) mass is 381 g/mol. The first kappa shape index (κ1) is 18.0. The van der Waals surface area contributed by atoms with E-state index in [1.165, 1.54) is 27.7 Å². The van der Waals surface area contributed by atoms with E-state index in [9.17, 15) is 0 Å². The van der Waals surface area contributed by atoms with E-state index in [-0.39, 0.29) is 6.04 Å². The highest BCUT2D eigenvalue weighted by atomic mass is 15.2. The summed E-state index contributed by atoms with van der Waals surface area (Å²) in [6.07, 6.45) is 2.24. The van der Waals surface area contributed by atoms with E-state index in [1.54, 1.807) is 0 Å². The second kappa shape index (κ2) is 7.76. The van der Waals surface area contributed by atoms with Crippen LogP contribution < -0.4 is 4.90 Å². The average Bonchev–Trinajstić information content (AvgIpc) is 3.19. The molecule has 1 aliphatic heterocycles. The van der Waals surface area contributed by atoms with Gasteiger partial charge in [0.15, 0.2) is 0 Å². The molecule has 5 rings (SSSR count). The van der Waals surface area contributed by atoms with E-state index < -0.39 is 0 Å². The molecule has 0 bridgehead atoms. The van der Waals surface area contributed by atoms with Crippen molar-refractivity contribution >= 4 is 16.6 Å². The van der Waals surface area contributed by atoms with E-state index in [0.717, 1.165) is 26.2 Å². The van der Waals surface area contributed by atoms with E-state index >= 15 is 0 Å². The van der Waals surface area contributed by atoms with E-state index in [1.807, 2.05) is 0 Å². The molecule has 4 aromatic rings. The van der Waals surface area contributed by atoms with Crippen LogP contribution in [0.15, 0.2) is 91.1 Å². The SMILES string of the molecule is CN1CCN(c2ccc3ccn(C(c4ccccc4)c4ccccc4)c3c2)CC1. The number of aromatic nitrogens is 1. The van der Waals surface area contributed by atoms with Gasteiger partial charge in [-0.3, -0.25) is 0 Å². The quantitative estimate of drug-likeness (QED) is 0.491. The van der Waals surface area contributed by atoms with Gasteiger partial charge >= 0.3 is 0 Å². The van der Waals surface area contributed by atoms with Gasteiger partial charge in [0, 0.05) is 38.1 Å². The number of anilines is 1. The number of rotatable bonds is 4. The van der Waals surface area contributed by atoms with Crippen LogP contribution in [0.4, 0.5) is 5.69 Å². The molecule has 0 atom stereocenters. The van der Waals surface area contributed by atoms with Crippen LogP contribution in [-0.4, -0.2) is 42.7 Å². The zero-order valence-corrected chi connectivity index (χ0v) is 16.9. The lowest BCUT2D eigenvalue weighted by Gasteiger charge is -2.34. The van der Waals surface area contributed by atoms with Crippen molar-refractivity contribution in [3.8, 4) is 0 Å². The predicted molar refractivity (Wildman–Crippen MR) is 122 cm³/mol. The first-order chi connectivity index (χ1) is 14.3. The molecule has 0 aliphatic carbocycles. The third-order valence-electron chi connectivity index (χ3n) is 6.08. The minimum absolute atomic E-state index is 0.164. The van der Waals surface area contributed by atoms with Gasteiger partial charge < -0.3 is 14.4 Å². The molecule has 0 unspecified atom stereocenters. The third kappa shape index (κ3) is 3.54. The van der Waals surface area contributed by atoms with Crippen molar-refractivity contribution in [2.45, 2.75) is 6.04 Å². The van der Waals surface area contributed by atoms with Crippen LogP contribution in [0.3, 0.4) is 0 Å². The second-order valence-corrected chi connectivity index (χ2v) is 7.98. The summed E-state index contributed by atoms with van der Waals surface area (Å²) in [6.45, 7) is 4.42. The topological polar surface area (TPSA) is 11.4 Å². The Balaban J connectivity index is 1.61. The van der Waals surface area contributed by atoms with E-state index in [4.69, 9.17) is 0 Å². The van der Waals surface area contributed by atoms with Crippen LogP contribution in [-0.2, 0) is 0 Å². The van der Waals surface area contributed by atoms with Crippen LogP contribution in [0.25, 0.3) is 10.9 Å². The maximum absolute atomic E-state index is 2.51. The number of hydrogen-bond donors (Lipinski definition) is 0. The Kier molecular flexibility index (Phi) is 4.82. The number of nitrogens with zero attached hydrogens (tertiary/aromatic N) is 3. The lowest BCUT2D eigenvalue weighted by Crippen LogP contribution is -2.44. The molecular formula is C26H27N3.